The standard InChI is InChI=1S/C16H16S/c1-11(2)13-7-5-6-8-14(13)16-10-9-15(17-16)12(3)4/h5-10H,1,3H2,2,4H3. The van der Waals surface area contributed by atoms with Gasteiger partial charge >= 0.3 is 0 Å². The first kappa shape index (κ1) is 11.9. The maximum atomic E-state index is 4.04. The molecule has 1 heterocycles. The molecule has 0 radical (unpaired) electrons. The fourth-order valence-corrected chi connectivity index (χ4v) is 2.75. The summed E-state index contributed by atoms with van der Waals surface area (Å²) in [4.78, 5) is 2.53. The number of hydrogen-bond donors (Lipinski definition) is 0. The number of benzene rings is 1. The zero-order valence-corrected chi connectivity index (χ0v) is 11.1. The summed E-state index contributed by atoms with van der Waals surface area (Å²) in [5.74, 6) is 0. The van der Waals surface area contributed by atoms with Gasteiger partial charge in [0, 0.05) is 9.75 Å². The van der Waals surface area contributed by atoms with Gasteiger partial charge in [-0.25, -0.2) is 0 Å². The van der Waals surface area contributed by atoms with Gasteiger partial charge in [0.25, 0.3) is 0 Å². The molecule has 1 aromatic carbocycles. The fraction of sp³-hybridized carbons (Fsp3) is 0.125. The van der Waals surface area contributed by atoms with Crippen molar-refractivity contribution in [1.29, 1.82) is 0 Å². The maximum absolute atomic E-state index is 4.04. The van der Waals surface area contributed by atoms with E-state index < -0.39 is 0 Å². The molecule has 1 heteroatoms. The Hall–Kier alpha value is -1.60. The van der Waals surface area contributed by atoms with E-state index in [9.17, 15) is 0 Å². The summed E-state index contributed by atoms with van der Waals surface area (Å²) >= 11 is 1.78. The van der Waals surface area contributed by atoms with Gasteiger partial charge in [0.2, 0.25) is 0 Å². The molecule has 0 N–H and O–H groups in total. The highest BCUT2D eigenvalue weighted by molar-refractivity contribution is 7.16. The van der Waals surface area contributed by atoms with Crippen LogP contribution in [0, 0.1) is 0 Å². The van der Waals surface area contributed by atoms with Gasteiger partial charge in [-0.2, -0.15) is 0 Å². The lowest BCUT2D eigenvalue weighted by atomic mass is 10.0. The third-order valence-electron chi connectivity index (χ3n) is 2.68. The third kappa shape index (κ3) is 2.40. The van der Waals surface area contributed by atoms with Crippen LogP contribution in [0.1, 0.15) is 24.3 Å². The van der Waals surface area contributed by atoms with Crippen LogP contribution in [0.25, 0.3) is 21.6 Å². The molecule has 0 bridgehead atoms. The maximum Gasteiger partial charge on any atom is 0.0355 e. The molecule has 17 heavy (non-hydrogen) atoms. The first-order chi connectivity index (χ1) is 8.09. The molecule has 0 amide bonds. The molecule has 0 atom stereocenters. The van der Waals surface area contributed by atoms with Crippen LogP contribution in [0.15, 0.2) is 49.6 Å². The van der Waals surface area contributed by atoms with Crippen LogP contribution >= 0.6 is 11.3 Å². The van der Waals surface area contributed by atoms with Gasteiger partial charge in [-0.3, -0.25) is 0 Å². The molecule has 1 aromatic heterocycles. The molecule has 0 aliphatic carbocycles. The third-order valence-corrected chi connectivity index (χ3v) is 3.96. The van der Waals surface area contributed by atoms with Crippen LogP contribution in [0.2, 0.25) is 0 Å². The second-order valence-corrected chi connectivity index (χ2v) is 5.35. The Morgan fingerprint density at radius 2 is 1.65 bits per heavy atom. The van der Waals surface area contributed by atoms with E-state index in [4.69, 9.17) is 0 Å². The normalized spacial score (nSPS) is 10.2. The molecule has 0 spiro atoms. The second kappa shape index (κ2) is 4.72. The molecule has 0 fully saturated rings. The van der Waals surface area contributed by atoms with Crippen molar-refractivity contribution >= 4 is 22.5 Å². The monoisotopic (exact) mass is 240 g/mol. The fourth-order valence-electron chi connectivity index (χ4n) is 1.78. The topological polar surface area (TPSA) is 0 Å². The van der Waals surface area contributed by atoms with E-state index in [2.05, 4.69) is 49.6 Å². The summed E-state index contributed by atoms with van der Waals surface area (Å²) in [6.45, 7) is 12.1. The molecule has 0 unspecified atom stereocenters. The van der Waals surface area contributed by atoms with E-state index in [0.717, 1.165) is 11.1 Å². The van der Waals surface area contributed by atoms with Crippen molar-refractivity contribution in [1.82, 2.24) is 0 Å². The summed E-state index contributed by atoms with van der Waals surface area (Å²) in [5.41, 5.74) is 4.71. The Bertz CT molecular complexity index is 573. The van der Waals surface area contributed by atoms with Crippen LogP contribution in [0.5, 0.6) is 0 Å². The zero-order valence-electron chi connectivity index (χ0n) is 10.3. The van der Waals surface area contributed by atoms with Gasteiger partial charge < -0.3 is 0 Å². The number of hydrogen-bond acceptors (Lipinski definition) is 1. The minimum atomic E-state index is 1.10. The van der Waals surface area contributed by atoms with Crippen LogP contribution in [0.3, 0.4) is 0 Å². The molecule has 0 aliphatic heterocycles. The number of thiophene rings is 1. The number of rotatable bonds is 3. The van der Waals surface area contributed by atoms with Crippen molar-refractivity contribution in [2.75, 3.05) is 0 Å². The van der Waals surface area contributed by atoms with E-state index in [-0.39, 0.29) is 0 Å². The summed E-state index contributed by atoms with van der Waals surface area (Å²) in [6.07, 6.45) is 0. The van der Waals surface area contributed by atoms with Crippen LogP contribution in [0.4, 0.5) is 0 Å². The van der Waals surface area contributed by atoms with E-state index in [1.165, 1.54) is 20.9 Å². The minimum Gasteiger partial charge on any atom is -0.136 e. The van der Waals surface area contributed by atoms with E-state index in [1.807, 2.05) is 13.8 Å². The van der Waals surface area contributed by atoms with Gasteiger partial charge in [0.1, 0.15) is 0 Å². The van der Waals surface area contributed by atoms with Crippen molar-refractivity contribution in [3.8, 4) is 10.4 Å². The molecule has 2 aromatic rings. The Labute approximate surface area is 107 Å². The molecule has 2 rings (SSSR count). The van der Waals surface area contributed by atoms with Crippen molar-refractivity contribution in [3.63, 3.8) is 0 Å². The zero-order chi connectivity index (χ0) is 12.4. The Morgan fingerprint density at radius 3 is 2.24 bits per heavy atom. The first-order valence-corrected chi connectivity index (χ1v) is 6.42. The molecular formula is C16H16S. The molecular weight excluding hydrogens is 224 g/mol. The van der Waals surface area contributed by atoms with Gasteiger partial charge in [-0.15, -0.1) is 11.3 Å². The molecule has 0 saturated carbocycles. The van der Waals surface area contributed by atoms with E-state index in [1.54, 1.807) is 11.3 Å². The predicted octanol–water partition coefficient (Wildman–Crippen LogP) is 5.48. The summed E-state index contributed by atoms with van der Waals surface area (Å²) < 4.78 is 0. The second-order valence-electron chi connectivity index (χ2n) is 4.27. The Kier molecular flexibility index (Phi) is 3.30. The SMILES string of the molecule is C=C(C)c1ccc(-c2ccccc2C(=C)C)s1. The van der Waals surface area contributed by atoms with Crippen molar-refractivity contribution in [2.24, 2.45) is 0 Å². The van der Waals surface area contributed by atoms with Crippen molar-refractivity contribution in [2.45, 2.75) is 13.8 Å². The van der Waals surface area contributed by atoms with Crippen LogP contribution < -0.4 is 0 Å². The van der Waals surface area contributed by atoms with Crippen LogP contribution in [-0.4, -0.2) is 0 Å². The quantitative estimate of drug-likeness (QED) is 0.666. The van der Waals surface area contributed by atoms with Crippen LogP contribution in [-0.2, 0) is 0 Å². The highest BCUT2D eigenvalue weighted by Gasteiger charge is 2.08. The van der Waals surface area contributed by atoms with Crippen molar-refractivity contribution in [3.05, 3.63) is 60.0 Å². The van der Waals surface area contributed by atoms with Gasteiger partial charge in [0.15, 0.2) is 0 Å². The molecule has 0 nitrogen and oxygen atoms in total. The first-order valence-electron chi connectivity index (χ1n) is 5.60. The average Bonchev–Trinajstić information content (AvgIpc) is 2.78. The Balaban J connectivity index is 2.52. The minimum absolute atomic E-state index is 1.10. The summed E-state index contributed by atoms with van der Waals surface area (Å²) in [5, 5.41) is 0. The summed E-state index contributed by atoms with van der Waals surface area (Å²) in [7, 11) is 0. The molecule has 0 saturated heterocycles. The summed E-state index contributed by atoms with van der Waals surface area (Å²) in [6, 6.07) is 12.7. The molecule has 86 valence electrons. The largest absolute Gasteiger partial charge is 0.136 e. The van der Waals surface area contributed by atoms with Gasteiger partial charge in [0.05, 0.1) is 0 Å². The lowest BCUT2D eigenvalue weighted by Crippen LogP contribution is -1.82. The Morgan fingerprint density at radius 1 is 0.941 bits per heavy atom. The molecule has 0 aliphatic rings. The van der Waals surface area contributed by atoms with Crippen molar-refractivity contribution < 1.29 is 0 Å². The smallest absolute Gasteiger partial charge is 0.0355 e. The van der Waals surface area contributed by atoms with Gasteiger partial charge in [-0.1, -0.05) is 43.0 Å². The average molecular weight is 240 g/mol. The van der Waals surface area contributed by atoms with E-state index in [0.29, 0.717) is 0 Å². The number of allylic oxidation sites excluding steroid dienone is 2. The lowest BCUT2D eigenvalue weighted by molar-refractivity contribution is 1.58. The predicted molar refractivity (Wildman–Crippen MR) is 79.2 cm³/mol. The highest BCUT2D eigenvalue weighted by atomic mass is 32.1. The van der Waals surface area contributed by atoms with E-state index >= 15 is 0 Å². The lowest BCUT2D eigenvalue weighted by Gasteiger charge is -2.06. The van der Waals surface area contributed by atoms with Gasteiger partial charge in [-0.05, 0) is 42.7 Å². The highest BCUT2D eigenvalue weighted by Crippen LogP contribution is 2.35.